The minimum atomic E-state index is 0.177. The maximum atomic E-state index is 12.0. The predicted octanol–water partition coefficient (Wildman–Crippen LogP) is 0.0656. The molecule has 0 bridgehead atoms. The number of hydrogen-bond acceptors (Lipinski definition) is 4. The lowest BCUT2D eigenvalue weighted by Crippen LogP contribution is -2.46. The van der Waals surface area contributed by atoms with Crippen molar-refractivity contribution in [1.82, 2.24) is 14.7 Å². The molecule has 0 aliphatic rings. The van der Waals surface area contributed by atoms with Crippen molar-refractivity contribution in [3.8, 4) is 0 Å². The first-order chi connectivity index (χ1) is 8.42. The molecule has 2 N–H and O–H groups in total. The molecule has 5 heteroatoms. The fourth-order valence-corrected chi connectivity index (χ4v) is 1.97. The van der Waals surface area contributed by atoms with Gasteiger partial charge in [0.1, 0.15) is 0 Å². The number of nitrogens with two attached hydrogens (primary N) is 1. The summed E-state index contributed by atoms with van der Waals surface area (Å²) in [4.78, 5) is 18.2. The Balaban J connectivity index is 4.22. The van der Waals surface area contributed by atoms with Crippen molar-refractivity contribution in [2.75, 3.05) is 53.9 Å². The molecule has 1 atom stereocenters. The maximum Gasteiger partial charge on any atom is 0.236 e. The van der Waals surface area contributed by atoms with E-state index in [0.29, 0.717) is 19.1 Å². The largest absolute Gasteiger partial charge is 0.345 e. The zero-order valence-corrected chi connectivity index (χ0v) is 12.6. The first-order valence-corrected chi connectivity index (χ1v) is 6.75. The first kappa shape index (κ1) is 17.4. The Morgan fingerprint density at radius 3 is 2.33 bits per heavy atom. The van der Waals surface area contributed by atoms with Gasteiger partial charge in [-0.1, -0.05) is 6.92 Å². The standard InChI is InChI=1S/C13H30N4O/c1-6-17(12(2)10-15(3)4)11-13(18)16(5)9-7-8-14/h12H,6-11,14H2,1-5H3. The summed E-state index contributed by atoms with van der Waals surface area (Å²) in [6, 6.07) is 0.386. The molecule has 0 aromatic heterocycles. The number of rotatable bonds is 9. The second kappa shape index (κ2) is 9.30. The van der Waals surface area contributed by atoms with Gasteiger partial charge in [-0.15, -0.1) is 0 Å². The van der Waals surface area contributed by atoms with E-state index in [2.05, 4.69) is 37.7 Å². The Morgan fingerprint density at radius 1 is 1.28 bits per heavy atom. The van der Waals surface area contributed by atoms with Crippen molar-refractivity contribution in [2.24, 2.45) is 5.73 Å². The topological polar surface area (TPSA) is 52.8 Å². The summed E-state index contributed by atoms with van der Waals surface area (Å²) in [7, 11) is 5.96. The number of carbonyl (C=O) groups excluding carboxylic acids is 1. The molecular weight excluding hydrogens is 228 g/mol. The molecule has 0 saturated heterocycles. The molecule has 0 aromatic carbocycles. The van der Waals surface area contributed by atoms with E-state index < -0.39 is 0 Å². The molecule has 0 aliphatic heterocycles. The third-order valence-corrected chi connectivity index (χ3v) is 3.12. The summed E-state index contributed by atoms with van der Waals surface area (Å²) in [6.07, 6.45) is 0.863. The van der Waals surface area contributed by atoms with Crippen LogP contribution in [0, 0.1) is 0 Å². The predicted molar refractivity (Wildman–Crippen MR) is 76.6 cm³/mol. The van der Waals surface area contributed by atoms with Crippen molar-refractivity contribution in [2.45, 2.75) is 26.3 Å². The highest BCUT2D eigenvalue weighted by atomic mass is 16.2. The van der Waals surface area contributed by atoms with Crippen LogP contribution in [0.4, 0.5) is 0 Å². The van der Waals surface area contributed by atoms with Gasteiger partial charge in [-0.3, -0.25) is 9.69 Å². The molecule has 18 heavy (non-hydrogen) atoms. The van der Waals surface area contributed by atoms with Crippen molar-refractivity contribution in [3.05, 3.63) is 0 Å². The SMILES string of the molecule is CCN(CC(=O)N(C)CCCN)C(C)CN(C)C. The van der Waals surface area contributed by atoms with Crippen molar-refractivity contribution in [3.63, 3.8) is 0 Å². The minimum Gasteiger partial charge on any atom is -0.345 e. The molecule has 0 radical (unpaired) electrons. The molecule has 0 fully saturated rings. The smallest absolute Gasteiger partial charge is 0.236 e. The van der Waals surface area contributed by atoms with E-state index in [0.717, 1.165) is 26.1 Å². The van der Waals surface area contributed by atoms with Crippen LogP contribution < -0.4 is 5.73 Å². The quantitative estimate of drug-likeness (QED) is 0.636. The van der Waals surface area contributed by atoms with Crippen molar-refractivity contribution < 1.29 is 4.79 Å². The number of amides is 1. The minimum absolute atomic E-state index is 0.177. The number of hydrogen-bond donors (Lipinski definition) is 1. The van der Waals surface area contributed by atoms with Gasteiger partial charge in [0.05, 0.1) is 6.54 Å². The molecular formula is C13H30N4O. The Bertz CT molecular complexity index is 233. The Hall–Kier alpha value is -0.650. The van der Waals surface area contributed by atoms with Gasteiger partial charge in [-0.25, -0.2) is 0 Å². The van der Waals surface area contributed by atoms with Crippen molar-refractivity contribution >= 4 is 5.91 Å². The van der Waals surface area contributed by atoms with Crippen LogP contribution in [0.3, 0.4) is 0 Å². The first-order valence-electron chi connectivity index (χ1n) is 6.75. The molecule has 0 saturated carbocycles. The van der Waals surface area contributed by atoms with E-state index in [-0.39, 0.29) is 5.91 Å². The van der Waals surface area contributed by atoms with E-state index in [9.17, 15) is 4.79 Å². The summed E-state index contributed by atoms with van der Waals surface area (Å²) in [5, 5.41) is 0. The molecule has 0 spiro atoms. The summed E-state index contributed by atoms with van der Waals surface area (Å²) in [6.45, 7) is 7.99. The van der Waals surface area contributed by atoms with Crippen LogP contribution in [-0.2, 0) is 4.79 Å². The summed E-state index contributed by atoms with van der Waals surface area (Å²) < 4.78 is 0. The third kappa shape index (κ3) is 6.93. The lowest BCUT2D eigenvalue weighted by atomic mass is 10.2. The average molecular weight is 258 g/mol. The molecule has 108 valence electrons. The van der Waals surface area contributed by atoms with Gasteiger partial charge in [0.2, 0.25) is 5.91 Å². The lowest BCUT2D eigenvalue weighted by molar-refractivity contribution is -0.131. The van der Waals surface area contributed by atoms with Gasteiger partial charge in [0.15, 0.2) is 0 Å². The van der Waals surface area contributed by atoms with Gasteiger partial charge in [0, 0.05) is 26.2 Å². The lowest BCUT2D eigenvalue weighted by Gasteiger charge is -2.30. The van der Waals surface area contributed by atoms with Gasteiger partial charge in [-0.2, -0.15) is 0 Å². The van der Waals surface area contributed by atoms with E-state index >= 15 is 0 Å². The molecule has 0 rings (SSSR count). The van der Waals surface area contributed by atoms with Crippen LogP contribution in [0.2, 0.25) is 0 Å². The van der Waals surface area contributed by atoms with Crippen LogP contribution in [0.15, 0.2) is 0 Å². The van der Waals surface area contributed by atoms with Crippen LogP contribution in [0.5, 0.6) is 0 Å². The maximum absolute atomic E-state index is 12.0. The van der Waals surface area contributed by atoms with Gasteiger partial charge < -0.3 is 15.5 Å². The van der Waals surface area contributed by atoms with Gasteiger partial charge in [0.25, 0.3) is 0 Å². The highest BCUT2D eigenvalue weighted by Gasteiger charge is 2.18. The van der Waals surface area contributed by atoms with E-state index in [1.54, 1.807) is 4.90 Å². The average Bonchev–Trinajstić information content (AvgIpc) is 2.31. The van der Waals surface area contributed by atoms with Crippen LogP contribution in [0.25, 0.3) is 0 Å². The summed E-state index contributed by atoms with van der Waals surface area (Å²) >= 11 is 0. The van der Waals surface area contributed by atoms with Crippen molar-refractivity contribution in [1.29, 1.82) is 0 Å². The monoisotopic (exact) mass is 258 g/mol. The van der Waals surface area contributed by atoms with Crippen LogP contribution in [0.1, 0.15) is 20.3 Å². The fraction of sp³-hybridized carbons (Fsp3) is 0.923. The normalized spacial score (nSPS) is 13.1. The molecule has 5 nitrogen and oxygen atoms in total. The number of likely N-dealkylation sites (N-methyl/N-ethyl adjacent to an activating group) is 3. The fourth-order valence-electron chi connectivity index (χ4n) is 1.97. The third-order valence-electron chi connectivity index (χ3n) is 3.12. The molecule has 0 heterocycles. The van der Waals surface area contributed by atoms with Crippen LogP contribution >= 0.6 is 0 Å². The van der Waals surface area contributed by atoms with E-state index in [1.165, 1.54) is 0 Å². The highest BCUT2D eigenvalue weighted by molar-refractivity contribution is 5.78. The Labute approximate surface area is 112 Å². The van der Waals surface area contributed by atoms with E-state index in [4.69, 9.17) is 5.73 Å². The second-order valence-electron chi connectivity index (χ2n) is 5.13. The Kier molecular flexibility index (Phi) is 8.97. The highest BCUT2D eigenvalue weighted by Crippen LogP contribution is 2.01. The number of nitrogens with zero attached hydrogens (tertiary/aromatic N) is 3. The second-order valence-corrected chi connectivity index (χ2v) is 5.13. The number of carbonyl (C=O) groups is 1. The molecule has 0 aliphatic carbocycles. The zero-order valence-electron chi connectivity index (χ0n) is 12.6. The van der Waals surface area contributed by atoms with Crippen LogP contribution in [-0.4, -0.2) is 80.5 Å². The molecule has 0 aromatic rings. The van der Waals surface area contributed by atoms with Gasteiger partial charge in [-0.05, 0) is 40.5 Å². The molecule has 1 amide bonds. The summed E-state index contributed by atoms with van der Waals surface area (Å²) in [5.41, 5.74) is 5.45. The molecule has 1 unspecified atom stereocenters. The van der Waals surface area contributed by atoms with E-state index in [1.807, 2.05) is 7.05 Å². The van der Waals surface area contributed by atoms with Gasteiger partial charge >= 0.3 is 0 Å². The summed E-state index contributed by atoms with van der Waals surface area (Å²) in [5.74, 6) is 0.177. The zero-order chi connectivity index (χ0) is 14.1. The Morgan fingerprint density at radius 2 is 1.89 bits per heavy atom.